The summed E-state index contributed by atoms with van der Waals surface area (Å²) in [6.07, 6.45) is 5.07. The van der Waals surface area contributed by atoms with Crippen molar-refractivity contribution in [1.82, 2.24) is 14.9 Å². The topological polar surface area (TPSA) is 104 Å². The second-order valence-electron chi connectivity index (χ2n) is 7.62. The SMILES string of the molecule is CC(/C=C\C(C)N(C)C)Nn1cc(C(=O)NCc2ccc(F)c(Cl)c2F)c(=O)c(O)c1C=O. The van der Waals surface area contributed by atoms with Gasteiger partial charge in [-0.05, 0) is 34.0 Å². The van der Waals surface area contributed by atoms with Crippen LogP contribution in [0.15, 0.2) is 35.3 Å². The van der Waals surface area contributed by atoms with Gasteiger partial charge in [-0.15, -0.1) is 0 Å². The molecule has 11 heteroatoms. The van der Waals surface area contributed by atoms with Crippen LogP contribution in [-0.2, 0) is 6.54 Å². The number of amides is 1. The van der Waals surface area contributed by atoms with Crippen LogP contribution < -0.4 is 16.2 Å². The third-order valence-electron chi connectivity index (χ3n) is 4.97. The molecule has 2 unspecified atom stereocenters. The van der Waals surface area contributed by atoms with Crippen molar-refractivity contribution in [3.63, 3.8) is 0 Å². The van der Waals surface area contributed by atoms with E-state index < -0.39 is 45.9 Å². The molecular formula is C22H25ClF2N4O4. The molecule has 0 radical (unpaired) electrons. The van der Waals surface area contributed by atoms with Crippen LogP contribution in [0.4, 0.5) is 8.78 Å². The van der Waals surface area contributed by atoms with Crippen LogP contribution in [0.25, 0.3) is 0 Å². The first kappa shape index (κ1) is 26.0. The standard InChI is InChI=1S/C22H25ClF2N4O4/c1-12(5-6-13(2)28(3)4)27-29-10-15(20(31)21(32)17(29)11-30)22(33)26-9-14-7-8-16(24)18(23)19(14)25/h5-8,10-13,27,32H,9H2,1-4H3,(H,26,33)/b6-5-. The van der Waals surface area contributed by atoms with Gasteiger partial charge < -0.3 is 20.7 Å². The molecule has 1 aromatic carbocycles. The molecule has 0 bridgehead atoms. The Bertz CT molecular complexity index is 1130. The van der Waals surface area contributed by atoms with E-state index in [0.717, 1.165) is 23.0 Å². The predicted octanol–water partition coefficient (Wildman–Crippen LogP) is 2.67. The number of pyridine rings is 1. The number of rotatable bonds is 9. The highest BCUT2D eigenvalue weighted by atomic mass is 35.5. The molecule has 3 N–H and O–H groups in total. The Morgan fingerprint density at radius 2 is 1.94 bits per heavy atom. The summed E-state index contributed by atoms with van der Waals surface area (Å²) in [4.78, 5) is 38.4. The Balaban J connectivity index is 2.29. The fourth-order valence-corrected chi connectivity index (χ4v) is 2.92. The summed E-state index contributed by atoms with van der Waals surface area (Å²) in [7, 11) is 3.82. The van der Waals surface area contributed by atoms with Gasteiger partial charge in [-0.25, -0.2) is 8.78 Å². The minimum absolute atomic E-state index is 0.101. The number of hydrogen-bond acceptors (Lipinski definition) is 6. The zero-order valence-electron chi connectivity index (χ0n) is 18.5. The van der Waals surface area contributed by atoms with Crippen molar-refractivity contribution in [3.05, 3.63) is 74.2 Å². The van der Waals surface area contributed by atoms with Gasteiger partial charge in [0.05, 0.1) is 6.04 Å². The van der Waals surface area contributed by atoms with Crippen molar-refractivity contribution in [3.8, 4) is 5.75 Å². The highest BCUT2D eigenvalue weighted by Crippen LogP contribution is 2.22. The molecule has 2 aromatic rings. The van der Waals surface area contributed by atoms with Gasteiger partial charge in [-0.1, -0.05) is 29.8 Å². The van der Waals surface area contributed by atoms with Gasteiger partial charge in [0.25, 0.3) is 5.91 Å². The van der Waals surface area contributed by atoms with Crippen LogP contribution in [0.5, 0.6) is 5.75 Å². The van der Waals surface area contributed by atoms with Gasteiger partial charge in [0.1, 0.15) is 27.9 Å². The number of benzene rings is 1. The molecule has 33 heavy (non-hydrogen) atoms. The van der Waals surface area contributed by atoms with Crippen LogP contribution >= 0.6 is 11.6 Å². The lowest BCUT2D eigenvalue weighted by molar-refractivity contribution is 0.0947. The number of nitrogens with zero attached hydrogens (tertiary/aromatic N) is 2. The number of likely N-dealkylation sites (N-methyl/N-ethyl adjacent to an activating group) is 1. The molecule has 2 rings (SSSR count). The molecule has 0 saturated heterocycles. The lowest BCUT2D eigenvalue weighted by atomic mass is 10.1. The number of aromatic nitrogens is 1. The first-order valence-corrected chi connectivity index (χ1v) is 10.3. The quantitative estimate of drug-likeness (QED) is 0.288. The monoisotopic (exact) mass is 482 g/mol. The van der Waals surface area contributed by atoms with Crippen LogP contribution in [0.1, 0.15) is 40.3 Å². The van der Waals surface area contributed by atoms with Crippen molar-refractivity contribution in [2.75, 3.05) is 19.5 Å². The van der Waals surface area contributed by atoms with E-state index in [0.29, 0.717) is 0 Å². The molecule has 0 spiro atoms. The van der Waals surface area contributed by atoms with Gasteiger partial charge in [0.2, 0.25) is 5.43 Å². The van der Waals surface area contributed by atoms with Crippen molar-refractivity contribution < 1.29 is 23.5 Å². The van der Waals surface area contributed by atoms with Gasteiger partial charge in [0, 0.05) is 24.3 Å². The number of hydrogen-bond donors (Lipinski definition) is 3. The zero-order valence-corrected chi connectivity index (χ0v) is 19.3. The van der Waals surface area contributed by atoms with E-state index in [1.807, 2.05) is 38.1 Å². The molecule has 0 aliphatic carbocycles. The van der Waals surface area contributed by atoms with E-state index in [2.05, 4.69) is 10.7 Å². The minimum Gasteiger partial charge on any atom is -0.503 e. The summed E-state index contributed by atoms with van der Waals surface area (Å²) in [5.74, 6) is -3.84. The maximum Gasteiger partial charge on any atom is 0.257 e. The van der Waals surface area contributed by atoms with Crippen LogP contribution in [0.2, 0.25) is 5.02 Å². The van der Waals surface area contributed by atoms with E-state index >= 15 is 0 Å². The average Bonchev–Trinajstić information content (AvgIpc) is 2.77. The lowest BCUT2D eigenvalue weighted by Gasteiger charge is -2.20. The molecule has 1 amide bonds. The van der Waals surface area contributed by atoms with E-state index in [1.54, 1.807) is 6.92 Å². The highest BCUT2D eigenvalue weighted by molar-refractivity contribution is 6.30. The number of aromatic hydroxyl groups is 1. The van der Waals surface area contributed by atoms with Crippen molar-refractivity contribution in [1.29, 1.82) is 0 Å². The summed E-state index contributed by atoms with van der Waals surface area (Å²) in [6, 6.07) is 1.83. The van der Waals surface area contributed by atoms with Crippen molar-refractivity contribution in [2.45, 2.75) is 32.5 Å². The first-order valence-electron chi connectivity index (χ1n) is 9.93. The first-order chi connectivity index (χ1) is 15.5. The smallest absolute Gasteiger partial charge is 0.257 e. The fraction of sp³-hybridized carbons (Fsp3) is 0.318. The van der Waals surface area contributed by atoms with Crippen molar-refractivity contribution in [2.24, 2.45) is 0 Å². The van der Waals surface area contributed by atoms with E-state index in [9.17, 15) is 28.3 Å². The van der Waals surface area contributed by atoms with E-state index in [1.165, 1.54) is 0 Å². The second kappa shape index (κ2) is 11.1. The van der Waals surface area contributed by atoms with Crippen LogP contribution in [0, 0.1) is 11.6 Å². The Labute approximate surface area is 194 Å². The summed E-state index contributed by atoms with van der Waals surface area (Å²) >= 11 is 5.53. The normalized spacial score (nSPS) is 13.2. The summed E-state index contributed by atoms with van der Waals surface area (Å²) < 4.78 is 28.4. The number of nitrogens with one attached hydrogen (secondary N) is 2. The molecule has 178 valence electrons. The average molecular weight is 483 g/mol. The number of halogens is 3. The largest absolute Gasteiger partial charge is 0.503 e. The molecule has 0 fully saturated rings. The van der Waals surface area contributed by atoms with Gasteiger partial charge in [-0.3, -0.25) is 19.1 Å². The predicted molar refractivity (Wildman–Crippen MR) is 121 cm³/mol. The maximum atomic E-state index is 14.1. The number of carbonyl (C=O) groups excluding carboxylic acids is 2. The van der Waals surface area contributed by atoms with Gasteiger partial charge >= 0.3 is 0 Å². The Morgan fingerprint density at radius 1 is 1.27 bits per heavy atom. The van der Waals surface area contributed by atoms with E-state index in [4.69, 9.17) is 11.6 Å². The molecular weight excluding hydrogens is 458 g/mol. The molecule has 0 aliphatic rings. The zero-order chi connectivity index (χ0) is 24.9. The Morgan fingerprint density at radius 3 is 2.55 bits per heavy atom. The third-order valence-corrected chi connectivity index (χ3v) is 5.31. The maximum absolute atomic E-state index is 14.1. The lowest BCUT2D eigenvalue weighted by Crippen LogP contribution is -2.34. The fourth-order valence-electron chi connectivity index (χ4n) is 2.73. The minimum atomic E-state index is -1.07. The summed E-state index contributed by atoms with van der Waals surface area (Å²) in [6.45, 7) is 3.35. The molecule has 2 atom stereocenters. The molecule has 8 nitrogen and oxygen atoms in total. The second-order valence-corrected chi connectivity index (χ2v) is 8.00. The molecule has 0 aliphatic heterocycles. The molecule has 0 saturated carbocycles. The Hall–Kier alpha value is -3.24. The van der Waals surface area contributed by atoms with Crippen molar-refractivity contribution >= 4 is 23.8 Å². The summed E-state index contributed by atoms with van der Waals surface area (Å²) in [5, 5.41) is 11.8. The molecule has 1 aromatic heterocycles. The summed E-state index contributed by atoms with van der Waals surface area (Å²) in [5.41, 5.74) is 0.866. The highest BCUT2D eigenvalue weighted by Gasteiger charge is 2.21. The van der Waals surface area contributed by atoms with Gasteiger partial charge in [0.15, 0.2) is 12.0 Å². The van der Waals surface area contributed by atoms with Gasteiger partial charge in [-0.2, -0.15) is 0 Å². The Kier molecular flexibility index (Phi) is 8.72. The van der Waals surface area contributed by atoms with E-state index in [-0.39, 0.29) is 29.6 Å². The molecule has 1 heterocycles. The third kappa shape index (κ3) is 6.17. The number of carbonyl (C=O) groups is 2. The van der Waals surface area contributed by atoms with Crippen LogP contribution in [0.3, 0.4) is 0 Å². The number of aldehydes is 1. The van der Waals surface area contributed by atoms with Crippen LogP contribution in [-0.4, -0.2) is 53.1 Å².